The topological polar surface area (TPSA) is 259 Å². The van der Waals surface area contributed by atoms with Crippen LogP contribution in [0, 0.1) is 10.1 Å². The van der Waals surface area contributed by atoms with Crippen molar-refractivity contribution in [2.45, 2.75) is 30.6 Å². The lowest BCUT2D eigenvalue weighted by molar-refractivity contribution is -0.384. The molecule has 22 heteroatoms. The van der Waals surface area contributed by atoms with Crippen molar-refractivity contribution in [1.82, 2.24) is 20.1 Å². The molecule has 3 aliphatic rings. The highest BCUT2D eigenvalue weighted by molar-refractivity contribution is 8.00. The van der Waals surface area contributed by atoms with Crippen molar-refractivity contribution >= 4 is 69.3 Å². The van der Waals surface area contributed by atoms with E-state index >= 15 is 0 Å². The zero-order valence-electron chi connectivity index (χ0n) is 23.9. The number of halogens is 3. The third kappa shape index (κ3) is 7.54. The van der Waals surface area contributed by atoms with E-state index in [4.69, 9.17) is 15.6 Å². The summed E-state index contributed by atoms with van der Waals surface area (Å²) in [5.41, 5.74) is 6.18. The first-order valence-corrected chi connectivity index (χ1v) is 15.1. The third-order valence-electron chi connectivity index (χ3n) is 6.89. The maximum Gasteiger partial charge on any atom is 0.490 e. The number of hydrogen-bond acceptors (Lipinski definition) is 13. The number of rotatable bonds is 8. The molecule has 5 rings (SSSR count). The number of nitrogen functional groups attached to an aromatic ring is 1. The van der Waals surface area contributed by atoms with Crippen LogP contribution in [-0.4, -0.2) is 100 Å². The largest absolute Gasteiger partial charge is 0.490 e. The molecule has 0 radical (unpaired) electrons. The van der Waals surface area contributed by atoms with Crippen LogP contribution < -0.4 is 11.1 Å². The van der Waals surface area contributed by atoms with Crippen LogP contribution in [-0.2, 0) is 30.5 Å². The number of allylic oxidation sites excluding steroid dienone is 1. The molecule has 2 aromatic rings. The van der Waals surface area contributed by atoms with Gasteiger partial charge in [0.15, 0.2) is 10.8 Å². The summed E-state index contributed by atoms with van der Waals surface area (Å²) in [5.74, 6) is -5.81. The number of thiazole rings is 1. The number of nitrogens with one attached hydrogen (secondary N) is 1. The van der Waals surface area contributed by atoms with Gasteiger partial charge in [-0.1, -0.05) is 17.3 Å². The normalized spacial score (nSPS) is 20.1. The Morgan fingerprint density at radius 2 is 1.85 bits per heavy atom. The van der Waals surface area contributed by atoms with Crippen LogP contribution in [0.2, 0.25) is 0 Å². The predicted molar refractivity (Wildman–Crippen MR) is 159 cm³/mol. The number of thioether (sulfide) groups is 1. The number of nitrogens with zero attached hydrogens (tertiary/aromatic N) is 5. The molecule has 3 aliphatic heterocycles. The minimum Gasteiger partial charge on any atom is -0.477 e. The number of nitrogens with two attached hydrogens (primary N) is 1. The number of carboxylic acid groups (broad SMARTS) is 2. The molecule has 0 saturated carbocycles. The number of carbonyl (C=O) groups excluding carboxylic acids is 3. The van der Waals surface area contributed by atoms with Crippen molar-refractivity contribution in [3.63, 3.8) is 0 Å². The van der Waals surface area contributed by atoms with Crippen molar-refractivity contribution < 1.29 is 57.5 Å². The fourth-order valence-electron chi connectivity index (χ4n) is 4.68. The molecule has 2 fully saturated rings. The lowest BCUT2D eigenvalue weighted by Gasteiger charge is -2.49. The number of alkyl halides is 3. The second-order valence-electron chi connectivity index (χ2n) is 9.93. The average molecular weight is 714 g/mol. The van der Waals surface area contributed by atoms with Crippen molar-refractivity contribution in [2.75, 3.05) is 18.0 Å². The maximum atomic E-state index is 13.0. The number of non-ortho nitro benzene ring substituents is 1. The first-order chi connectivity index (χ1) is 22.5. The van der Waals surface area contributed by atoms with Gasteiger partial charge in [0.25, 0.3) is 17.5 Å². The molecule has 2 saturated heterocycles. The third-order valence-corrected chi connectivity index (χ3v) is 8.87. The zero-order valence-corrected chi connectivity index (χ0v) is 25.5. The Balaban J connectivity index is 0.000000671. The molecule has 1 aromatic carbocycles. The van der Waals surface area contributed by atoms with Crippen LogP contribution in [0.5, 0.6) is 0 Å². The summed E-state index contributed by atoms with van der Waals surface area (Å²) in [7, 11) is 0. The summed E-state index contributed by atoms with van der Waals surface area (Å²) < 4.78 is 31.7. The second-order valence-corrected chi connectivity index (χ2v) is 11.9. The fourth-order valence-corrected chi connectivity index (χ4v) is 6.53. The summed E-state index contributed by atoms with van der Waals surface area (Å²) >= 11 is 2.25. The minimum atomic E-state index is -5.08. The van der Waals surface area contributed by atoms with Crippen LogP contribution in [0.4, 0.5) is 24.0 Å². The maximum absolute atomic E-state index is 13.0. The van der Waals surface area contributed by atoms with Crippen LogP contribution in [0.1, 0.15) is 17.7 Å². The van der Waals surface area contributed by atoms with E-state index in [1.165, 1.54) is 35.4 Å². The summed E-state index contributed by atoms with van der Waals surface area (Å²) in [6.07, 6.45) is -3.24. The number of fused-ring (bicyclic) bond motifs is 1. The average Bonchev–Trinajstić information content (AvgIpc) is 3.60. The lowest BCUT2D eigenvalue weighted by atomic mass is 10.0. The van der Waals surface area contributed by atoms with Crippen molar-refractivity contribution in [3.05, 3.63) is 73.9 Å². The van der Waals surface area contributed by atoms with Crippen LogP contribution in [0.15, 0.2) is 57.7 Å². The van der Waals surface area contributed by atoms with E-state index in [0.29, 0.717) is 24.1 Å². The van der Waals surface area contributed by atoms with Gasteiger partial charge in [-0.2, -0.15) is 13.2 Å². The van der Waals surface area contributed by atoms with E-state index in [2.05, 4.69) is 15.5 Å². The first-order valence-electron chi connectivity index (χ1n) is 13.2. The lowest BCUT2D eigenvalue weighted by Crippen LogP contribution is -2.71. The van der Waals surface area contributed by atoms with Gasteiger partial charge in [0.2, 0.25) is 5.91 Å². The number of carboxylic acids is 2. The number of nitro benzene ring substituents is 1. The number of benzene rings is 1. The molecule has 0 aliphatic carbocycles. The molecule has 17 nitrogen and oxygen atoms in total. The Morgan fingerprint density at radius 1 is 1.21 bits per heavy atom. The van der Waals surface area contributed by atoms with E-state index in [0.717, 1.165) is 16.2 Å². The van der Waals surface area contributed by atoms with E-state index in [9.17, 15) is 52.8 Å². The van der Waals surface area contributed by atoms with Gasteiger partial charge in [-0.15, -0.1) is 23.1 Å². The molecule has 254 valence electrons. The molecule has 1 aromatic heterocycles. The Morgan fingerprint density at radius 3 is 2.38 bits per heavy atom. The quantitative estimate of drug-likeness (QED) is 0.0650. The van der Waals surface area contributed by atoms with E-state index in [-0.39, 0.29) is 46.0 Å². The fraction of sp³-hybridized carbons (Fsp3) is 0.269. The van der Waals surface area contributed by atoms with Crippen molar-refractivity contribution in [3.8, 4) is 0 Å². The van der Waals surface area contributed by atoms with E-state index in [1.54, 1.807) is 17.0 Å². The predicted octanol–water partition coefficient (Wildman–Crippen LogP) is 1.54. The molecule has 48 heavy (non-hydrogen) atoms. The summed E-state index contributed by atoms with van der Waals surface area (Å²) in [6, 6.07) is 4.79. The Kier molecular flexibility index (Phi) is 10.4. The van der Waals surface area contributed by atoms with Crippen LogP contribution in [0.3, 0.4) is 0 Å². The highest BCUT2D eigenvalue weighted by atomic mass is 32.2. The standard InChI is InChI=1S/C24H21N7O8S2.C2HF3O2/c25-24-26-15(10-41-24)16(28-37)19(32)27-17-21(34)30-18(23(35)36)13(9-40-22(17)30)7-12-5-6-29(20(12)33)8-11-1-3-14(4-2-11)31(38)39;3-2(4,5)1(6)7/h1-4,7,10,17,22,37H,5-6,8-9H2,(H2,25,26)(H,27,32)(H,35,36);(H,6,7)/t17-,22-;/m1./s1. The summed E-state index contributed by atoms with van der Waals surface area (Å²) in [5, 5.41) is 43.5. The highest BCUT2D eigenvalue weighted by Crippen LogP contribution is 2.41. The van der Waals surface area contributed by atoms with Crippen molar-refractivity contribution in [1.29, 1.82) is 0 Å². The van der Waals surface area contributed by atoms with Gasteiger partial charge >= 0.3 is 18.1 Å². The molecule has 6 N–H and O–H groups in total. The minimum absolute atomic E-state index is 0.0244. The number of amides is 3. The number of β-lactam (4-membered cyclic amide) rings is 1. The summed E-state index contributed by atoms with van der Waals surface area (Å²) in [6.45, 7) is 0.609. The van der Waals surface area contributed by atoms with E-state index in [1.807, 2.05) is 0 Å². The van der Waals surface area contributed by atoms with Crippen LogP contribution in [0.25, 0.3) is 0 Å². The highest BCUT2D eigenvalue weighted by Gasteiger charge is 2.54. The molecule has 0 spiro atoms. The number of oxime groups is 1. The SMILES string of the molecule is Nc1nc(C(=NO)C(=O)N[C@@H]2C(=O)N3C(C(=O)O)=C(C=C4CCN(Cc5ccc([N+](=O)[O-])cc5)C4=O)CS[C@H]23)cs1.O=C(O)C(F)(F)F. The first kappa shape index (κ1) is 35.3. The number of aliphatic carboxylic acids is 2. The van der Waals surface area contributed by atoms with Gasteiger partial charge in [-0.05, 0) is 23.6 Å². The molecule has 3 amide bonds. The van der Waals surface area contributed by atoms with Gasteiger partial charge in [-0.25, -0.2) is 14.6 Å². The van der Waals surface area contributed by atoms with Gasteiger partial charge in [0.05, 0.1) is 4.92 Å². The van der Waals surface area contributed by atoms with Gasteiger partial charge in [0.1, 0.15) is 22.8 Å². The molecule has 4 heterocycles. The molecular weight excluding hydrogens is 691 g/mol. The van der Waals surface area contributed by atoms with Gasteiger partial charge in [0, 0.05) is 41.9 Å². The number of nitro groups is 1. The number of likely N-dealkylation sites (tertiary alicyclic amines) is 1. The smallest absolute Gasteiger partial charge is 0.477 e. The Bertz CT molecular complexity index is 1780. The number of carbonyl (C=O) groups is 5. The van der Waals surface area contributed by atoms with Crippen LogP contribution >= 0.6 is 23.1 Å². The molecule has 0 bridgehead atoms. The number of hydrogen-bond donors (Lipinski definition) is 5. The zero-order chi connectivity index (χ0) is 35.5. The molecule has 0 unspecified atom stereocenters. The molecular formula is C26H22F3N7O10S2. The monoisotopic (exact) mass is 713 g/mol. The number of aromatic nitrogens is 1. The second kappa shape index (κ2) is 14.1. The van der Waals surface area contributed by atoms with Gasteiger partial charge in [-0.3, -0.25) is 29.4 Å². The summed E-state index contributed by atoms with van der Waals surface area (Å²) in [4.78, 5) is 76.7. The van der Waals surface area contributed by atoms with E-state index < -0.39 is 52.0 Å². The number of anilines is 1. The van der Waals surface area contributed by atoms with Crippen molar-refractivity contribution in [2.24, 2.45) is 5.16 Å². The Labute approximate surface area is 274 Å². The molecule has 2 atom stereocenters. The van der Waals surface area contributed by atoms with Gasteiger partial charge < -0.3 is 31.4 Å². The Hall–Kier alpha value is -5.51.